The summed E-state index contributed by atoms with van der Waals surface area (Å²) in [5.74, 6) is 0.0569. The number of nitrogens with zero attached hydrogens (tertiary/aromatic N) is 1. The Bertz CT molecular complexity index is 489. The van der Waals surface area contributed by atoms with Crippen LogP contribution in [0, 0.1) is 0 Å². The first kappa shape index (κ1) is 13.9. The summed E-state index contributed by atoms with van der Waals surface area (Å²) in [5.41, 5.74) is 1.20. The highest BCUT2D eigenvalue weighted by molar-refractivity contribution is 9.10. The fourth-order valence-electron chi connectivity index (χ4n) is 2.88. The summed E-state index contributed by atoms with van der Waals surface area (Å²) in [6, 6.07) is 8.43. The number of hydrogen-bond acceptors (Lipinski definition) is 3. The number of anilines is 1. The molecule has 1 N–H and O–H groups in total. The molecule has 0 bridgehead atoms. The average Bonchev–Trinajstić information content (AvgIpc) is 3.10. The normalized spacial score (nSPS) is 25.9. The van der Waals surface area contributed by atoms with Crippen molar-refractivity contribution >= 4 is 27.5 Å². The van der Waals surface area contributed by atoms with Crippen LogP contribution in [0.3, 0.4) is 0 Å². The second-order valence-electron chi connectivity index (χ2n) is 5.39. The minimum absolute atomic E-state index is 0.0569. The maximum atomic E-state index is 12.0. The second kappa shape index (κ2) is 6.14. The molecule has 5 heteroatoms. The van der Waals surface area contributed by atoms with Crippen LogP contribution in [0.2, 0.25) is 0 Å². The molecule has 1 aromatic carbocycles. The lowest BCUT2D eigenvalue weighted by Gasteiger charge is -2.21. The van der Waals surface area contributed by atoms with Crippen LogP contribution in [0.15, 0.2) is 28.7 Å². The molecule has 1 aromatic rings. The van der Waals surface area contributed by atoms with Gasteiger partial charge in [-0.15, -0.1) is 0 Å². The van der Waals surface area contributed by atoms with Gasteiger partial charge in [0.2, 0.25) is 5.91 Å². The third-order valence-electron chi connectivity index (χ3n) is 3.95. The number of carbonyl (C=O) groups excluding carboxylic acids is 1. The van der Waals surface area contributed by atoms with Gasteiger partial charge in [-0.1, -0.05) is 12.1 Å². The Kier molecular flexibility index (Phi) is 4.27. The summed E-state index contributed by atoms with van der Waals surface area (Å²) in [4.78, 5) is 14.4. The molecule has 2 aliphatic rings. The Morgan fingerprint density at radius 3 is 2.95 bits per heavy atom. The molecule has 1 amide bonds. The highest BCUT2D eigenvalue weighted by Gasteiger charge is 2.29. The van der Waals surface area contributed by atoms with Crippen molar-refractivity contribution in [3.63, 3.8) is 0 Å². The molecular formula is C15H19BrN2O2. The summed E-state index contributed by atoms with van der Waals surface area (Å²) < 4.78 is 6.53. The second-order valence-corrected chi connectivity index (χ2v) is 6.25. The fraction of sp³-hybridized carbons (Fsp3) is 0.533. The zero-order valence-electron chi connectivity index (χ0n) is 11.3. The summed E-state index contributed by atoms with van der Waals surface area (Å²) in [5, 5.41) is 3.12. The lowest BCUT2D eigenvalue weighted by molar-refractivity contribution is -0.130. The molecule has 0 saturated carbocycles. The number of ether oxygens (including phenoxy) is 1. The zero-order chi connectivity index (χ0) is 13.9. The first-order valence-electron chi connectivity index (χ1n) is 7.15. The van der Waals surface area contributed by atoms with Gasteiger partial charge in [-0.3, -0.25) is 4.79 Å². The standard InChI is InChI=1S/C15H19BrN2O2/c16-12-4-1-2-5-13(12)18-8-7-11(10-18)17-15(19)14-6-3-9-20-14/h1-2,4-5,11,14H,3,6-10H2,(H,17,19)/t11-,14-/m0/s1. The number of nitrogens with one attached hydrogen (secondary N) is 1. The third-order valence-corrected chi connectivity index (χ3v) is 4.62. The average molecular weight is 339 g/mol. The molecule has 4 nitrogen and oxygen atoms in total. The van der Waals surface area contributed by atoms with E-state index < -0.39 is 0 Å². The highest BCUT2D eigenvalue weighted by atomic mass is 79.9. The van der Waals surface area contributed by atoms with Crippen molar-refractivity contribution in [2.45, 2.75) is 31.4 Å². The van der Waals surface area contributed by atoms with Crippen LogP contribution >= 0.6 is 15.9 Å². The number of benzene rings is 1. The third kappa shape index (κ3) is 2.99. The number of carbonyl (C=O) groups is 1. The van der Waals surface area contributed by atoms with Crippen LogP contribution in [0.25, 0.3) is 0 Å². The number of rotatable bonds is 3. The van der Waals surface area contributed by atoms with Gasteiger partial charge in [-0.05, 0) is 47.3 Å². The van der Waals surface area contributed by atoms with E-state index in [0.717, 1.165) is 36.8 Å². The van der Waals surface area contributed by atoms with Crippen molar-refractivity contribution < 1.29 is 9.53 Å². The van der Waals surface area contributed by atoms with Crippen LogP contribution in [0.4, 0.5) is 5.69 Å². The Morgan fingerprint density at radius 2 is 2.20 bits per heavy atom. The van der Waals surface area contributed by atoms with Crippen molar-refractivity contribution in [3.8, 4) is 0 Å². The van der Waals surface area contributed by atoms with Crippen LogP contribution in [0.5, 0.6) is 0 Å². The van der Waals surface area contributed by atoms with Crippen molar-refractivity contribution in [1.29, 1.82) is 0 Å². The molecule has 20 heavy (non-hydrogen) atoms. The minimum atomic E-state index is -0.229. The molecule has 108 valence electrons. The van der Waals surface area contributed by atoms with Gasteiger partial charge in [0, 0.05) is 30.2 Å². The molecule has 0 aliphatic carbocycles. The van der Waals surface area contributed by atoms with E-state index in [-0.39, 0.29) is 18.1 Å². The van der Waals surface area contributed by atoms with Crippen molar-refractivity contribution in [2.75, 3.05) is 24.6 Å². The van der Waals surface area contributed by atoms with E-state index in [1.807, 2.05) is 18.2 Å². The molecule has 0 spiro atoms. The Morgan fingerprint density at radius 1 is 1.35 bits per heavy atom. The van der Waals surface area contributed by atoms with Crippen LogP contribution in [-0.4, -0.2) is 37.7 Å². The van der Waals surface area contributed by atoms with Crippen molar-refractivity contribution in [1.82, 2.24) is 5.32 Å². The van der Waals surface area contributed by atoms with Gasteiger partial charge in [0.1, 0.15) is 6.10 Å². The van der Waals surface area contributed by atoms with E-state index >= 15 is 0 Å². The lowest BCUT2D eigenvalue weighted by atomic mass is 10.2. The summed E-state index contributed by atoms with van der Waals surface area (Å²) >= 11 is 3.58. The van der Waals surface area contributed by atoms with Crippen LogP contribution < -0.4 is 10.2 Å². The number of para-hydroxylation sites is 1. The number of hydrogen-bond donors (Lipinski definition) is 1. The van der Waals surface area contributed by atoms with E-state index in [9.17, 15) is 4.79 Å². The molecule has 2 fully saturated rings. The maximum Gasteiger partial charge on any atom is 0.249 e. The Labute approximate surface area is 127 Å². The maximum absolute atomic E-state index is 12.0. The van der Waals surface area contributed by atoms with Crippen LogP contribution in [0.1, 0.15) is 19.3 Å². The van der Waals surface area contributed by atoms with Gasteiger partial charge in [0.15, 0.2) is 0 Å². The molecule has 2 aliphatic heterocycles. The van der Waals surface area contributed by atoms with E-state index in [1.54, 1.807) is 0 Å². The van der Waals surface area contributed by atoms with E-state index in [1.165, 1.54) is 5.69 Å². The predicted octanol–water partition coefficient (Wildman–Crippen LogP) is 2.32. The first-order valence-corrected chi connectivity index (χ1v) is 7.95. The van der Waals surface area contributed by atoms with E-state index in [0.29, 0.717) is 6.61 Å². The molecule has 3 rings (SSSR count). The Balaban J connectivity index is 1.57. The molecule has 0 aromatic heterocycles. The summed E-state index contributed by atoms with van der Waals surface area (Å²) in [7, 11) is 0. The van der Waals surface area contributed by atoms with Gasteiger partial charge < -0.3 is 15.0 Å². The summed E-state index contributed by atoms with van der Waals surface area (Å²) in [6.45, 7) is 2.55. The fourth-order valence-corrected chi connectivity index (χ4v) is 3.42. The largest absolute Gasteiger partial charge is 0.368 e. The topological polar surface area (TPSA) is 41.6 Å². The molecule has 2 saturated heterocycles. The number of amides is 1. The summed E-state index contributed by atoms with van der Waals surface area (Å²) in [6.07, 6.45) is 2.60. The van der Waals surface area contributed by atoms with Gasteiger partial charge in [0.25, 0.3) is 0 Å². The quantitative estimate of drug-likeness (QED) is 0.919. The number of halogens is 1. The lowest BCUT2D eigenvalue weighted by Crippen LogP contribution is -2.42. The SMILES string of the molecule is O=C(N[C@H]1CCN(c2ccccc2Br)C1)[C@@H]1CCCO1. The molecule has 2 atom stereocenters. The molecular weight excluding hydrogens is 320 g/mol. The predicted molar refractivity (Wildman–Crippen MR) is 81.9 cm³/mol. The minimum Gasteiger partial charge on any atom is -0.368 e. The van der Waals surface area contributed by atoms with Gasteiger partial charge in [-0.25, -0.2) is 0 Å². The monoisotopic (exact) mass is 338 g/mol. The smallest absolute Gasteiger partial charge is 0.249 e. The Hall–Kier alpha value is -1.07. The van der Waals surface area contributed by atoms with Gasteiger partial charge in [-0.2, -0.15) is 0 Å². The van der Waals surface area contributed by atoms with Crippen molar-refractivity contribution in [2.24, 2.45) is 0 Å². The van der Waals surface area contributed by atoms with Crippen LogP contribution in [-0.2, 0) is 9.53 Å². The highest BCUT2D eigenvalue weighted by Crippen LogP contribution is 2.28. The van der Waals surface area contributed by atoms with Gasteiger partial charge >= 0.3 is 0 Å². The van der Waals surface area contributed by atoms with Gasteiger partial charge in [0.05, 0.1) is 5.69 Å². The van der Waals surface area contributed by atoms with E-state index in [2.05, 4.69) is 32.2 Å². The van der Waals surface area contributed by atoms with Crippen molar-refractivity contribution in [3.05, 3.63) is 28.7 Å². The first-order chi connectivity index (χ1) is 9.74. The van der Waals surface area contributed by atoms with E-state index in [4.69, 9.17) is 4.74 Å². The molecule has 2 heterocycles. The molecule has 0 unspecified atom stereocenters. The zero-order valence-corrected chi connectivity index (χ0v) is 12.9. The molecule has 0 radical (unpaired) electrons.